The van der Waals surface area contributed by atoms with E-state index >= 15 is 0 Å². The van der Waals surface area contributed by atoms with Crippen LogP contribution in [0.2, 0.25) is 0 Å². The number of piperidine rings is 1. The van der Waals surface area contributed by atoms with Gasteiger partial charge in [-0.05, 0) is 39.4 Å². The van der Waals surface area contributed by atoms with Crippen LogP contribution in [0.25, 0.3) is 0 Å². The number of pyridine rings is 1. The number of nitro groups is 1. The summed E-state index contributed by atoms with van der Waals surface area (Å²) in [6.07, 6.45) is 3.66. The van der Waals surface area contributed by atoms with Gasteiger partial charge in [-0.2, -0.15) is 0 Å². The van der Waals surface area contributed by atoms with Gasteiger partial charge in [-0.15, -0.1) is 0 Å². The zero-order valence-electron chi connectivity index (χ0n) is 11.7. The number of likely N-dealkylation sites (N-methyl/N-ethyl adjacent to an activating group) is 1. The molecule has 0 aliphatic carbocycles. The fourth-order valence-electron chi connectivity index (χ4n) is 2.55. The summed E-state index contributed by atoms with van der Waals surface area (Å²) in [7, 11) is 4.18. The second-order valence-corrected chi connectivity index (χ2v) is 5.30. The van der Waals surface area contributed by atoms with E-state index in [-0.39, 0.29) is 5.69 Å². The van der Waals surface area contributed by atoms with E-state index in [2.05, 4.69) is 28.9 Å². The van der Waals surface area contributed by atoms with Crippen molar-refractivity contribution in [2.75, 3.05) is 32.1 Å². The minimum absolute atomic E-state index is 0.0578. The van der Waals surface area contributed by atoms with E-state index < -0.39 is 4.92 Å². The van der Waals surface area contributed by atoms with Crippen LogP contribution in [-0.2, 0) is 0 Å². The summed E-state index contributed by atoms with van der Waals surface area (Å²) in [5.74, 6) is 0.872. The SMILES string of the molecule is Cc1cc([N+](=O)[O-])cnc1N1CCCC(N(C)C)C1. The molecule has 0 saturated carbocycles. The van der Waals surface area contributed by atoms with Crippen molar-refractivity contribution in [2.24, 2.45) is 0 Å². The molecule has 19 heavy (non-hydrogen) atoms. The summed E-state index contributed by atoms with van der Waals surface area (Å²) in [5, 5.41) is 10.7. The predicted molar refractivity (Wildman–Crippen MR) is 74.6 cm³/mol. The molecule has 1 aromatic heterocycles. The molecule has 0 bridgehead atoms. The van der Waals surface area contributed by atoms with Gasteiger partial charge in [0.2, 0.25) is 0 Å². The number of aryl methyl sites for hydroxylation is 1. The highest BCUT2D eigenvalue weighted by Gasteiger charge is 2.24. The minimum atomic E-state index is -0.400. The number of anilines is 1. The number of aromatic nitrogens is 1. The maximum absolute atomic E-state index is 10.7. The van der Waals surface area contributed by atoms with Crippen molar-refractivity contribution in [3.8, 4) is 0 Å². The van der Waals surface area contributed by atoms with E-state index in [0.717, 1.165) is 30.9 Å². The second-order valence-electron chi connectivity index (χ2n) is 5.30. The van der Waals surface area contributed by atoms with Crippen molar-refractivity contribution >= 4 is 11.5 Å². The quantitative estimate of drug-likeness (QED) is 0.615. The van der Waals surface area contributed by atoms with Crippen molar-refractivity contribution in [1.29, 1.82) is 0 Å². The molecule has 6 heteroatoms. The number of rotatable bonds is 3. The number of hydrogen-bond donors (Lipinski definition) is 0. The third kappa shape index (κ3) is 3.01. The Morgan fingerprint density at radius 2 is 2.26 bits per heavy atom. The van der Waals surface area contributed by atoms with Gasteiger partial charge in [-0.25, -0.2) is 4.98 Å². The van der Waals surface area contributed by atoms with Crippen LogP contribution in [0.4, 0.5) is 11.5 Å². The van der Waals surface area contributed by atoms with E-state index in [1.165, 1.54) is 12.6 Å². The smallest absolute Gasteiger partial charge is 0.287 e. The molecule has 1 atom stereocenters. The van der Waals surface area contributed by atoms with Gasteiger partial charge >= 0.3 is 0 Å². The molecule has 1 fully saturated rings. The van der Waals surface area contributed by atoms with Gasteiger partial charge < -0.3 is 9.80 Å². The minimum Gasteiger partial charge on any atom is -0.355 e. The summed E-state index contributed by atoms with van der Waals surface area (Å²) < 4.78 is 0. The maximum Gasteiger partial charge on any atom is 0.287 e. The summed E-state index contributed by atoms with van der Waals surface area (Å²) in [5.41, 5.74) is 0.927. The molecule has 0 aromatic carbocycles. The average Bonchev–Trinajstić information content (AvgIpc) is 2.38. The Labute approximate surface area is 113 Å². The Balaban J connectivity index is 2.19. The van der Waals surface area contributed by atoms with Crippen molar-refractivity contribution in [1.82, 2.24) is 9.88 Å². The van der Waals surface area contributed by atoms with Crippen molar-refractivity contribution in [3.05, 3.63) is 27.9 Å². The zero-order chi connectivity index (χ0) is 14.0. The van der Waals surface area contributed by atoms with Crippen molar-refractivity contribution < 1.29 is 4.92 Å². The van der Waals surface area contributed by atoms with Crippen LogP contribution in [-0.4, -0.2) is 48.0 Å². The van der Waals surface area contributed by atoms with Crippen molar-refractivity contribution in [3.63, 3.8) is 0 Å². The van der Waals surface area contributed by atoms with Gasteiger partial charge in [-0.1, -0.05) is 0 Å². The Kier molecular flexibility index (Phi) is 3.99. The molecule has 1 aliphatic heterocycles. The van der Waals surface area contributed by atoms with Gasteiger partial charge in [0.15, 0.2) is 0 Å². The lowest BCUT2D eigenvalue weighted by Crippen LogP contribution is -2.45. The standard InChI is InChI=1S/C13H20N4O2/c1-10-7-12(17(18)19)8-14-13(10)16-6-4-5-11(9-16)15(2)3/h7-8,11H,4-6,9H2,1-3H3. The molecule has 0 amide bonds. The van der Waals surface area contributed by atoms with E-state index in [1.54, 1.807) is 6.07 Å². The lowest BCUT2D eigenvalue weighted by Gasteiger charge is -2.37. The van der Waals surface area contributed by atoms with E-state index in [4.69, 9.17) is 0 Å². The fourth-order valence-corrected chi connectivity index (χ4v) is 2.55. The summed E-state index contributed by atoms with van der Waals surface area (Å²) in [4.78, 5) is 19.1. The topological polar surface area (TPSA) is 62.5 Å². The van der Waals surface area contributed by atoms with Gasteiger partial charge in [0.25, 0.3) is 5.69 Å². The largest absolute Gasteiger partial charge is 0.355 e. The summed E-state index contributed by atoms with van der Waals surface area (Å²) >= 11 is 0. The Morgan fingerprint density at radius 1 is 1.53 bits per heavy atom. The molecular formula is C13H20N4O2. The normalized spacial score (nSPS) is 19.8. The summed E-state index contributed by atoms with van der Waals surface area (Å²) in [6, 6.07) is 2.12. The van der Waals surface area contributed by atoms with Gasteiger partial charge in [0.1, 0.15) is 12.0 Å². The van der Waals surface area contributed by atoms with E-state index in [9.17, 15) is 10.1 Å². The van der Waals surface area contributed by atoms with Gasteiger partial charge in [0.05, 0.1) is 4.92 Å². The zero-order valence-corrected chi connectivity index (χ0v) is 11.7. The monoisotopic (exact) mass is 264 g/mol. The van der Waals surface area contributed by atoms with Gasteiger partial charge in [-0.3, -0.25) is 10.1 Å². The first-order valence-corrected chi connectivity index (χ1v) is 6.51. The maximum atomic E-state index is 10.7. The van der Waals surface area contributed by atoms with Crippen LogP contribution in [0.15, 0.2) is 12.3 Å². The molecule has 1 aromatic rings. The van der Waals surface area contributed by atoms with Crippen LogP contribution in [0.5, 0.6) is 0 Å². The highest BCUT2D eigenvalue weighted by Crippen LogP contribution is 2.25. The second kappa shape index (κ2) is 5.52. The molecule has 1 aliphatic rings. The first-order valence-electron chi connectivity index (χ1n) is 6.51. The highest BCUT2D eigenvalue weighted by atomic mass is 16.6. The lowest BCUT2D eigenvalue weighted by molar-refractivity contribution is -0.385. The first-order chi connectivity index (χ1) is 8.99. The van der Waals surface area contributed by atoms with Crippen LogP contribution < -0.4 is 4.90 Å². The highest BCUT2D eigenvalue weighted by molar-refractivity contribution is 5.50. The van der Waals surface area contributed by atoms with E-state index in [0.29, 0.717) is 6.04 Å². The third-order valence-electron chi connectivity index (χ3n) is 3.67. The Hall–Kier alpha value is -1.69. The summed E-state index contributed by atoms with van der Waals surface area (Å²) in [6.45, 7) is 3.78. The van der Waals surface area contributed by atoms with Crippen LogP contribution in [0.3, 0.4) is 0 Å². The fraction of sp³-hybridized carbons (Fsp3) is 0.615. The molecule has 6 nitrogen and oxygen atoms in total. The molecule has 2 heterocycles. The first kappa shape index (κ1) is 13.7. The lowest BCUT2D eigenvalue weighted by atomic mass is 10.0. The molecule has 0 radical (unpaired) electrons. The molecule has 1 saturated heterocycles. The van der Waals surface area contributed by atoms with Gasteiger partial charge in [0, 0.05) is 25.2 Å². The average molecular weight is 264 g/mol. The molecule has 1 unspecified atom stereocenters. The molecule has 0 spiro atoms. The Morgan fingerprint density at radius 3 is 2.84 bits per heavy atom. The van der Waals surface area contributed by atoms with E-state index in [1.807, 2.05) is 6.92 Å². The van der Waals surface area contributed by atoms with Crippen molar-refractivity contribution in [2.45, 2.75) is 25.8 Å². The molecular weight excluding hydrogens is 244 g/mol. The van der Waals surface area contributed by atoms with Crippen LogP contribution in [0, 0.1) is 17.0 Å². The third-order valence-corrected chi connectivity index (χ3v) is 3.67. The Bertz CT molecular complexity index is 476. The van der Waals surface area contributed by atoms with Crippen LogP contribution >= 0.6 is 0 Å². The number of nitrogens with zero attached hydrogens (tertiary/aromatic N) is 4. The predicted octanol–water partition coefficient (Wildman–Crippen LogP) is 1.83. The molecule has 0 N–H and O–H groups in total. The molecule has 104 valence electrons. The number of hydrogen-bond acceptors (Lipinski definition) is 5. The van der Waals surface area contributed by atoms with Crippen LogP contribution in [0.1, 0.15) is 18.4 Å². The molecule has 2 rings (SSSR count).